The number of carbonyl (C=O) groups excluding carboxylic acids is 2. The third kappa shape index (κ3) is 6.93. The van der Waals surface area contributed by atoms with Gasteiger partial charge in [-0.1, -0.05) is 43.4 Å². The Morgan fingerprint density at radius 1 is 1.14 bits per heavy atom. The molecule has 1 fully saturated rings. The smallest absolute Gasteiger partial charge is 0.259 e. The zero-order chi connectivity index (χ0) is 30.6. The quantitative estimate of drug-likeness (QED) is 0.219. The molecule has 1 saturated heterocycles. The molecule has 0 spiro atoms. The van der Waals surface area contributed by atoms with Crippen LogP contribution in [0.15, 0.2) is 40.4 Å². The number of anilines is 1. The van der Waals surface area contributed by atoms with Crippen LogP contribution >= 0.6 is 22.6 Å². The van der Waals surface area contributed by atoms with E-state index < -0.39 is 5.41 Å². The largest absolute Gasteiger partial charge is 0.491 e. The van der Waals surface area contributed by atoms with E-state index in [-0.39, 0.29) is 15.7 Å². The minimum atomic E-state index is -0.572. The molecule has 0 bridgehead atoms. The number of amidine groups is 1. The van der Waals surface area contributed by atoms with Crippen molar-refractivity contribution in [3.05, 3.63) is 41.6 Å². The fourth-order valence-electron chi connectivity index (χ4n) is 4.83. The number of pyridine rings is 1. The van der Waals surface area contributed by atoms with E-state index in [1.807, 2.05) is 37.8 Å². The Balaban J connectivity index is 1.29. The molecule has 1 aromatic heterocycles. The van der Waals surface area contributed by atoms with E-state index in [1.165, 1.54) is 6.20 Å². The Hall–Kier alpha value is -3.30. The summed E-state index contributed by atoms with van der Waals surface area (Å²) in [5, 5.41) is 5.76. The van der Waals surface area contributed by atoms with Crippen molar-refractivity contribution in [2.24, 2.45) is 15.4 Å². The Morgan fingerprint density at radius 2 is 1.93 bits per heavy atom. The predicted octanol–water partition coefficient (Wildman–Crippen LogP) is 3.47. The topological polar surface area (TPSA) is 130 Å². The monoisotopic (exact) mass is 703 g/mol. The molecule has 0 saturated carbocycles. The first kappa shape index (κ1) is 31.1. The molecule has 5 rings (SSSR count). The number of morpholine rings is 1. The lowest BCUT2D eigenvalue weighted by molar-refractivity contribution is -0.123. The first-order chi connectivity index (χ1) is 20.7. The molecular weight excluding hydrogens is 665 g/mol. The van der Waals surface area contributed by atoms with Gasteiger partial charge in [0.15, 0.2) is 11.5 Å². The maximum atomic E-state index is 13.3. The molecule has 13 heteroatoms. The summed E-state index contributed by atoms with van der Waals surface area (Å²) in [6, 6.07) is 7.06. The lowest BCUT2D eigenvalue weighted by atomic mass is 9.89. The van der Waals surface area contributed by atoms with Crippen molar-refractivity contribution < 1.29 is 23.8 Å². The number of carbonyl (C=O) groups is 2. The maximum absolute atomic E-state index is 13.3. The molecule has 12 nitrogen and oxygen atoms in total. The molecule has 0 aliphatic carbocycles. The van der Waals surface area contributed by atoms with Gasteiger partial charge in [-0.3, -0.25) is 29.7 Å². The Morgan fingerprint density at radius 3 is 2.63 bits per heavy atom. The number of aromatic nitrogens is 1. The van der Waals surface area contributed by atoms with E-state index in [4.69, 9.17) is 19.2 Å². The number of methoxy groups -OCH3 is 1. The standard InChI is InChI=1S/C30H38IN7O5/c1-19(31)30(2,3)28(40)34-23-9-6-20(18-33-23)27(39)36-29-35-24-21(26-32-10-12-38(26)29)7-8-22(25(24)41-4)43-15-5-11-37-13-16-42-17-14-37/h6-9,18-19H,5,10-17H2,1-4H3,(H,33,34,40)(H,35,36,39). The lowest BCUT2D eigenvalue weighted by Gasteiger charge is -2.29. The molecule has 4 heterocycles. The molecular formula is C30H38IN7O5. The number of halogens is 1. The summed E-state index contributed by atoms with van der Waals surface area (Å²) < 4.78 is 17.4. The lowest BCUT2D eigenvalue weighted by Crippen LogP contribution is -2.47. The predicted molar refractivity (Wildman–Crippen MR) is 173 cm³/mol. The molecule has 3 aliphatic rings. The highest BCUT2D eigenvalue weighted by Gasteiger charge is 2.34. The van der Waals surface area contributed by atoms with Crippen molar-refractivity contribution in [2.75, 3.05) is 65.0 Å². The summed E-state index contributed by atoms with van der Waals surface area (Å²) in [6.45, 7) is 11.8. The number of hydrogen-bond donors (Lipinski definition) is 2. The normalized spacial score (nSPS) is 17.3. The minimum absolute atomic E-state index is 0.122. The van der Waals surface area contributed by atoms with E-state index in [1.54, 1.807) is 19.2 Å². The molecule has 2 amide bonds. The second kappa shape index (κ2) is 13.6. The van der Waals surface area contributed by atoms with Crippen LogP contribution in [0.25, 0.3) is 0 Å². The SMILES string of the molecule is COc1c(OCCCN2CCOCC2)ccc2c1N=C(NC(=O)c1ccc(NC(=O)C(C)(C)C(C)I)nc1)N1CCN=C21. The maximum Gasteiger partial charge on any atom is 0.259 e. The number of guanidine groups is 1. The Labute approximate surface area is 265 Å². The summed E-state index contributed by atoms with van der Waals surface area (Å²) >= 11 is 2.24. The van der Waals surface area contributed by atoms with Crippen LogP contribution in [0.3, 0.4) is 0 Å². The second-order valence-electron chi connectivity index (χ2n) is 11.1. The number of fused-ring (bicyclic) bond motifs is 3. The van der Waals surface area contributed by atoms with Crippen LogP contribution in [0.5, 0.6) is 11.5 Å². The number of nitrogens with one attached hydrogen (secondary N) is 2. The van der Waals surface area contributed by atoms with E-state index in [9.17, 15) is 9.59 Å². The number of aliphatic imine (C=N–C) groups is 2. The number of ether oxygens (including phenoxy) is 3. The van der Waals surface area contributed by atoms with Gasteiger partial charge in [0.05, 0.1) is 44.5 Å². The molecule has 2 aromatic rings. The van der Waals surface area contributed by atoms with Crippen LogP contribution in [0.1, 0.15) is 43.1 Å². The van der Waals surface area contributed by atoms with E-state index in [2.05, 4.69) is 48.1 Å². The average Bonchev–Trinajstić information content (AvgIpc) is 3.50. The van der Waals surface area contributed by atoms with Crippen LogP contribution in [-0.4, -0.2) is 102 Å². The number of alkyl halides is 1. The number of benzene rings is 1. The fourth-order valence-corrected chi connectivity index (χ4v) is 5.11. The van der Waals surface area contributed by atoms with Gasteiger partial charge in [-0.05, 0) is 30.7 Å². The van der Waals surface area contributed by atoms with Crippen LogP contribution in [0.2, 0.25) is 0 Å². The molecule has 1 atom stereocenters. The van der Waals surface area contributed by atoms with Gasteiger partial charge in [0.1, 0.15) is 17.3 Å². The van der Waals surface area contributed by atoms with Gasteiger partial charge >= 0.3 is 0 Å². The van der Waals surface area contributed by atoms with E-state index >= 15 is 0 Å². The summed E-state index contributed by atoms with van der Waals surface area (Å²) in [6.07, 6.45) is 2.31. The highest BCUT2D eigenvalue weighted by atomic mass is 127. The van der Waals surface area contributed by atoms with Gasteiger partial charge in [0, 0.05) is 41.9 Å². The number of nitrogens with zero attached hydrogens (tertiary/aromatic N) is 5. The van der Waals surface area contributed by atoms with Crippen LogP contribution in [0.4, 0.5) is 11.5 Å². The number of hydrogen-bond acceptors (Lipinski definition) is 10. The first-order valence-electron chi connectivity index (χ1n) is 14.5. The van der Waals surface area contributed by atoms with Crippen molar-refractivity contribution in [3.8, 4) is 11.5 Å². The third-order valence-corrected chi connectivity index (χ3v) is 9.46. The first-order valence-corrected chi connectivity index (χ1v) is 15.7. The Bertz CT molecular complexity index is 1400. The zero-order valence-electron chi connectivity index (χ0n) is 25.0. The fraction of sp³-hybridized carbons (Fsp3) is 0.500. The molecule has 3 aliphatic heterocycles. The molecule has 1 aromatic carbocycles. The zero-order valence-corrected chi connectivity index (χ0v) is 27.1. The highest BCUT2D eigenvalue weighted by Crippen LogP contribution is 2.43. The number of rotatable bonds is 10. The summed E-state index contributed by atoms with van der Waals surface area (Å²) in [5.41, 5.74) is 1.13. The van der Waals surface area contributed by atoms with Crippen molar-refractivity contribution in [1.82, 2.24) is 20.1 Å². The minimum Gasteiger partial charge on any atom is -0.491 e. The summed E-state index contributed by atoms with van der Waals surface area (Å²) in [5.74, 6) is 2.03. The van der Waals surface area contributed by atoms with Gasteiger partial charge in [0.2, 0.25) is 11.9 Å². The van der Waals surface area contributed by atoms with Crippen molar-refractivity contribution in [3.63, 3.8) is 0 Å². The van der Waals surface area contributed by atoms with Gasteiger partial charge in [-0.2, -0.15) is 0 Å². The van der Waals surface area contributed by atoms with Crippen molar-refractivity contribution in [1.29, 1.82) is 0 Å². The van der Waals surface area contributed by atoms with Crippen molar-refractivity contribution >= 4 is 57.7 Å². The van der Waals surface area contributed by atoms with Crippen LogP contribution in [-0.2, 0) is 9.53 Å². The molecule has 2 N–H and O–H groups in total. The highest BCUT2D eigenvalue weighted by molar-refractivity contribution is 14.1. The Kier molecular flexibility index (Phi) is 9.82. The van der Waals surface area contributed by atoms with Gasteiger partial charge in [-0.25, -0.2) is 9.98 Å². The molecule has 0 radical (unpaired) electrons. The summed E-state index contributed by atoms with van der Waals surface area (Å²) in [4.78, 5) is 44.0. The van der Waals surface area contributed by atoms with Crippen LogP contribution < -0.4 is 20.1 Å². The third-order valence-electron chi connectivity index (χ3n) is 7.91. The number of amides is 2. The van der Waals surface area contributed by atoms with E-state index in [0.717, 1.165) is 50.7 Å². The molecule has 43 heavy (non-hydrogen) atoms. The van der Waals surface area contributed by atoms with Gasteiger partial charge < -0.3 is 19.5 Å². The van der Waals surface area contributed by atoms with Crippen LogP contribution in [0, 0.1) is 5.41 Å². The van der Waals surface area contributed by atoms with Crippen molar-refractivity contribution in [2.45, 2.75) is 31.1 Å². The summed E-state index contributed by atoms with van der Waals surface area (Å²) in [7, 11) is 1.58. The average molecular weight is 704 g/mol. The molecule has 1 unspecified atom stereocenters. The van der Waals surface area contributed by atoms with Gasteiger partial charge in [0.25, 0.3) is 5.91 Å². The van der Waals surface area contributed by atoms with Gasteiger partial charge in [-0.15, -0.1) is 0 Å². The second-order valence-corrected chi connectivity index (χ2v) is 13.0. The van der Waals surface area contributed by atoms with E-state index in [0.29, 0.717) is 54.2 Å². The molecule has 230 valence electrons.